The number of hydrogen-bond acceptors (Lipinski definition) is 7. The summed E-state index contributed by atoms with van der Waals surface area (Å²) >= 11 is 0. The molecule has 3 aromatic rings. The van der Waals surface area contributed by atoms with Crippen LogP contribution < -0.4 is 18.9 Å². The lowest BCUT2D eigenvalue weighted by atomic mass is 9.71. The van der Waals surface area contributed by atoms with Crippen molar-refractivity contribution in [3.05, 3.63) is 82.9 Å². The van der Waals surface area contributed by atoms with Gasteiger partial charge in [0.25, 0.3) is 0 Å². The molecule has 3 aromatic carbocycles. The Morgan fingerprint density at radius 3 is 2.33 bits per heavy atom. The molecule has 2 aliphatic heterocycles. The first-order chi connectivity index (χ1) is 19.0. The molecule has 0 radical (unpaired) electrons. The van der Waals surface area contributed by atoms with Crippen molar-refractivity contribution in [3.63, 3.8) is 0 Å². The van der Waals surface area contributed by atoms with Gasteiger partial charge < -0.3 is 29.2 Å². The smallest absolute Gasteiger partial charge is 0.176 e. The SMILES string of the molecule is COc1cc(OC)c2c(c1)O[C@@]1(c3ccc(OC)c(CN4CCCCC4)c3)[C@H](c3ccccc3)C[C@@H](O)[C@@]21O. The molecule has 1 aliphatic carbocycles. The van der Waals surface area contributed by atoms with Crippen molar-refractivity contribution in [1.29, 1.82) is 0 Å². The molecule has 6 rings (SSSR count). The number of nitrogens with zero attached hydrogens (tertiary/aromatic N) is 1. The van der Waals surface area contributed by atoms with E-state index >= 15 is 0 Å². The maximum atomic E-state index is 12.8. The number of rotatable bonds is 7. The van der Waals surface area contributed by atoms with Crippen LogP contribution in [0.25, 0.3) is 0 Å². The van der Waals surface area contributed by atoms with Crippen LogP contribution >= 0.6 is 0 Å². The molecule has 0 unspecified atom stereocenters. The topological polar surface area (TPSA) is 80.6 Å². The molecule has 1 saturated heterocycles. The lowest BCUT2D eigenvalue weighted by molar-refractivity contribution is -0.150. The zero-order valence-corrected chi connectivity index (χ0v) is 22.9. The van der Waals surface area contributed by atoms with Crippen LogP contribution in [-0.4, -0.2) is 55.6 Å². The van der Waals surface area contributed by atoms with Gasteiger partial charge in [-0.15, -0.1) is 0 Å². The van der Waals surface area contributed by atoms with E-state index in [4.69, 9.17) is 18.9 Å². The summed E-state index contributed by atoms with van der Waals surface area (Å²) in [6.45, 7) is 2.84. The number of hydrogen-bond donors (Lipinski definition) is 2. The molecule has 1 saturated carbocycles. The number of aliphatic hydroxyl groups is 2. The highest BCUT2D eigenvalue weighted by molar-refractivity contribution is 5.63. The van der Waals surface area contributed by atoms with Crippen molar-refractivity contribution in [2.45, 2.75) is 55.5 Å². The van der Waals surface area contributed by atoms with Gasteiger partial charge in [-0.05, 0) is 55.6 Å². The average Bonchev–Trinajstić information content (AvgIpc) is 3.38. The second-order valence-corrected chi connectivity index (χ2v) is 10.9. The van der Waals surface area contributed by atoms with Crippen LogP contribution in [0.5, 0.6) is 23.0 Å². The molecule has 0 aromatic heterocycles. The highest BCUT2D eigenvalue weighted by Crippen LogP contribution is 2.68. The maximum absolute atomic E-state index is 12.8. The van der Waals surface area contributed by atoms with Crippen LogP contribution in [0.1, 0.15) is 53.9 Å². The van der Waals surface area contributed by atoms with E-state index in [1.807, 2.05) is 42.5 Å². The molecule has 7 heteroatoms. The largest absolute Gasteiger partial charge is 0.496 e. The quantitative estimate of drug-likeness (QED) is 0.457. The van der Waals surface area contributed by atoms with E-state index in [2.05, 4.69) is 11.0 Å². The summed E-state index contributed by atoms with van der Waals surface area (Å²) in [6.07, 6.45) is 2.86. The summed E-state index contributed by atoms with van der Waals surface area (Å²) in [7, 11) is 4.83. The van der Waals surface area contributed by atoms with Crippen molar-refractivity contribution >= 4 is 0 Å². The first-order valence-electron chi connectivity index (χ1n) is 13.8. The minimum absolute atomic E-state index is 0.322. The predicted octanol–water partition coefficient (Wildman–Crippen LogP) is 4.72. The normalized spacial score (nSPS) is 27.9. The summed E-state index contributed by atoms with van der Waals surface area (Å²) in [5.74, 6) is 1.88. The fourth-order valence-corrected chi connectivity index (χ4v) is 7.08. The highest BCUT2D eigenvalue weighted by atomic mass is 16.5. The van der Waals surface area contributed by atoms with Crippen molar-refractivity contribution in [3.8, 4) is 23.0 Å². The zero-order chi connectivity index (χ0) is 27.2. The second kappa shape index (κ2) is 10.0. The monoisotopic (exact) mass is 531 g/mol. The molecule has 0 amide bonds. The van der Waals surface area contributed by atoms with Gasteiger partial charge in [-0.1, -0.05) is 42.8 Å². The number of fused-ring (bicyclic) bond motifs is 3. The van der Waals surface area contributed by atoms with Gasteiger partial charge in [0.15, 0.2) is 11.2 Å². The van der Waals surface area contributed by atoms with Crippen molar-refractivity contribution in [2.24, 2.45) is 0 Å². The summed E-state index contributed by atoms with van der Waals surface area (Å²) in [4.78, 5) is 2.45. The second-order valence-electron chi connectivity index (χ2n) is 10.9. The standard InChI is InChI=1S/C32H37NO6/c1-36-24-17-27(38-3)30-28(18-24)39-32(25(19-29(34)31(30,32)35)21-10-6-4-7-11-21)23-12-13-26(37-2)22(16-23)20-33-14-8-5-9-15-33/h4,6-7,10-13,16-18,25,29,34-35H,5,8-9,14-15,19-20H2,1-3H3/t25-,29+,31+,32-/m0/s1. The highest BCUT2D eigenvalue weighted by Gasteiger charge is 2.73. The Labute approximate surface area is 229 Å². The van der Waals surface area contributed by atoms with Gasteiger partial charge in [0.2, 0.25) is 0 Å². The number of piperidine rings is 1. The molecule has 206 valence electrons. The Balaban J connectivity index is 1.57. The van der Waals surface area contributed by atoms with Gasteiger partial charge in [-0.25, -0.2) is 0 Å². The minimum atomic E-state index is -1.77. The van der Waals surface area contributed by atoms with Gasteiger partial charge in [-0.2, -0.15) is 0 Å². The third kappa shape index (κ3) is 3.90. The van der Waals surface area contributed by atoms with E-state index in [0.717, 1.165) is 42.1 Å². The van der Waals surface area contributed by atoms with Crippen molar-refractivity contribution in [1.82, 2.24) is 4.90 Å². The number of aliphatic hydroxyl groups excluding tert-OH is 1. The van der Waals surface area contributed by atoms with E-state index in [0.29, 0.717) is 29.2 Å². The van der Waals surface area contributed by atoms with E-state index in [9.17, 15) is 10.2 Å². The molecular formula is C32H37NO6. The Bertz CT molecular complexity index is 1340. The lowest BCUT2D eigenvalue weighted by Gasteiger charge is -2.41. The Morgan fingerprint density at radius 1 is 0.897 bits per heavy atom. The molecule has 7 nitrogen and oxygen atoms in total. The number of methoxy groups -OCH3 is 3. The van der Waals surface area contributed by atoms with Crippen LogP contribution in [-0.2, 0) is 17.7 Å². The average molecular weight is 532 g/mol. The molecule has 4 atom stereocenters. The summed E-state index contributed by atoms with van der Waals surface area (Å²) in [5.41, 5.74) is 0.187. The molecular weight excluding hydrogens is 494 g/mol. The van der Waals surface area contributed by atoms with Crippen LogP contribution in [0.15, 0.2) is 60.7 Å². The fraction of sp³-hybridized carbons (Fsp3) is 0.438. The lowest BCUT2D eigenvalue weighted by Crippen LogP contribution is -2.52. The summed E-state index contributed by atoms with van der Waals surface area (Å²) in [5, 5.41) is 24.5. The van der Waals surface area contributed by atoms with E-state index in [1.165, 1.54) is 19.3 Å². The van der Waals surface area contributed by atoms with Gasteiger partial charge in [0.1, 0.15) is 23.0 Å². The molecule has 2 fully saturated rings. The zero-order valence-electron chi connectivity index (χ0n) is 22.9. The fourth-order valence-electron chi connectivity index (χ4n) is 7.08. The van der Waals surface area contributed by atoms with Crippen LogP contribution in [0, 0.1) is 0 Å². The third-order valence-corrected chi connectivity index (χ3v) is 8.90. The number of ether oxygens (including phenoxy) is 4. The third-order valence-electron chi connectivity index (χ3n) is 8.90. The maximum Gasteiger partial charge on any atom is 0.176 e. The minimum Gasteiger partial charge on any atom is -0.496 e. The van der Waals surface area contributed by atoms with Gasteiger partial charge in [-0.3, -0.25) is 4.90 Å². The molecule has 2 N–H and O–H groups in total. The first kappa shape index (κ1) is 26.0. The van der Waals surface area contributed by atoms with Crippen LogP contribution in [0.3, 0.4) is 0 Å². The molecule has 3 aliphatic rings. The molecule has 2 heterocycles. The molecule has 39 heavy (non-hydrogen) atoms. The van der Waals surface area contributed by atoms with Gasteiger partial charge in [0.05, 0.1) is 33.0 Å². The summed E-state index contributed by atoms with van der Waals surface area (Å²) < 4.78 is 24.0. The van der Waals surface area contributed by atoms with Gasteiger partial charge in [0, 0.05) is 30.2 Å². The van der Waals surface area contributed by atoms with Crippen molar-refractivity contribution < 1.29 is 29.2 Å². The predicted molar refractivity (Wildman–Crippen MR) is 148 cm³/mol. The van der Waals surface area contributed by atoms with E-state index in [1.54, 1.807) is 33.5 Å². The Kier molecular flexibility index (Phi) is 6.69. The van der Waals surface area contributed by atoms with Crippen LogP contribution in [0.2, 0.25) is 0 Å². The first-order valence-corrected chi connectivity index (χ1v) is 13.8. The van der Waals surface area contributed by atoms with Crippen molar-refractivity contribution in [2.75, 3.05) is 34.4 Å². The van der Waals surface area contributed by atoms with Crippen LogP contribution in [0.4, 0.5) is 0 Å². The molecule has 0 spiro atoms. The Morgan fingerprint density at radius 2 is 1.64 bits per heavy atom. The van der Waals surface area contributed by atoms with E-state index in [-0.39, 0.29) is 5.92 Å². The summed E-state index contributed by atoms with van der Waals surface area (Å²) in [6, 6.07) is 19.5. The van der Waals surface area contributed by atoms with E-state index < -0.39 is 17.3 Å². The Hall–Kier alpha value is -3.26. The van der Waals surface area contributed by atoms with Gasteiger partial charge >= 0.3 is 0 Å². The molecule has 0 bridgehead atoms. The number of benzene rings is 3. The number of likely N-dealkylation sites (tertiary alicyclic amines) is 1.